The van der Waals surface area contributed by atoms with E-state index < -0.39 is 0 Å². The van der Waals surface area contributed by atoms with Crippen molar-refractivity contribution in [2.75, 3.05) is 34.5 Å². The standard InChI is InChI=1S/C24H29N5O3.C9H9N.C6H12O/c1-25-20(13-18-7-5-4-6-8-18)10-12-23-27-28-24(15-26-17-30)29(23)16-19-9-11-21(31-2)14-22(19)32-3;1-7-6-10-9-5-3-2-4-8(7)9;1-6-2-4-7-5-3-6/h4-9,11,13-14,17,25H,10,12,15-16H2,1-3H3,(H,26,30);2-6,10H,1H3;6H,2-5H2,1H3/b20-13-;;. The molecule has 0 aliphatic carbocycles. The Balaban J connectivity index is 0.000000255. The molecule has 0 saturated carbocycles. The lowest BCUT2D eigenvalue weighted by Gasteiger charge is -2.16. The largest absolute Gasteiger partial charge is 0.497 e. The molecule has 1 aliphatic heterocycles. The summed E-state index contributed by atoms with van der Waals surface area (Å²) in [6.07, 6.45) is 8.80. The van der Waals surface area contributed by atoms with Gasteiger partial charge in [0.15, 0.2) is 5.82 Å². The molecule has 1 amide bonds. The van der Waals surface area contributed by atoms with Gasteiger partial charge in [0.1, 0.15) is 17.3 Å². The van der Waals surface area contributed by atoms with Crippen LogP contribution in [0.4, 0.5) is 0 Å². The molecule has 2 aromatic heterocycles. The third-order valence-electron chi connectivity index (χ3n) is 8.46. The summed E-state index contributed by atoms with van der Waals surface area (Å²) in [5.74, 6) is 3.87. The lowest BCUT2D eigenvalue weighted by molar-refractivity contribution is -0.109. The van der Waals surface area contributed by atoms with Crippen molar-refractivity contribution in [3.8, 4) is 11.5 Å². The number of carbonyl (C=O) groups is 1. The zero-order chi connectivity index (χ0) is 34.8. The summed E-state index contributed by atoms with van der Waals surface area (Å²) in [5, 5.41) is 16.0. The maximum Gasteiger partial charge on any atom is 0.207 e. The van der Waals surface area contributed by atoms with Crippen LogP contribution in [-0.2, 0) is 29.0 Å². The number of aromatic amines is 1. The van der Waals surface area contributed by atoms with Crippen LogP contribution in [0.1, 0.15) is 54.5 Å². The van der Waals surface area contributed by atoms with E-state index in [-0.39, 0.29) is 0 Å². The summed E-state index contributed by atoms with van der Waals surface area (Å²) in [6, 6.07) is 24.2. The number of para-hydroxylation sites is 1. The highest BCUT2D eigenvalue weighted by Crippen LogP contribution is 2.26. The van der Waals surface area contributed by atoms with E-state index >= 15 is 0 Å². The van der Waals surface area contributed by atoms with E-state index in [1.54, 1.807) is 14.2 Å². The molecule has 0 atom stereocenters. The molecule has 0 radical (unpaired) electrons. The van der Waals surface area contributed by atoms with Gasteiger partial charge in [0.05, 0.1) is 27.3 Å². The second-order valence-electron chi connectivity index (χ2n) is 11.9. The van der Waals surface area contributed by atoms with Gasteiger partial charge in [0.25, 0.3) is 0 Å². The Morgan fingerprint density at radius 2 is 1.73 bits per heavy atom. The average Bonchev–Trinajstić information content (AvgIpc) is 3.72. The number of hydrogen-bond donors (Lipinski definition) is 3. The minimum atomic E-state index is 0.299. The number of amides is 1. The first kappa shape index (κ1) is 36.7. The Hall–Kier alpha value is -5.09. The number of fused-ring (bicyclic) bond motifs is 1. The summed E-state index contributed by atoms with van der Waals surface area (Å²) in [4.78, 5) is 14.0. The zero-order valence-corrected chi connectivity index (χ0v) is 29.4. The second-order valence-corrected chi connectivity index (χ2v) is 11.9. The number of carbonyl (C=O) groups excluding carboxylic acids is 1. The summed E-state index contributed by atoms with van der Waals surface area (Å²) in [7, 11) is 5.17. The molecule has 10 nitrogen and oxygen atoms in total. The molecule has 260 valence electrons. The molecule has 0 spiro atoms. The lowest BCUT2D eigenvalue weighted by Crippen LogP contribution is -2.17. The normalized spacial score (nSPS) is 13.0. The lowest BCUT2D eigenvalue weighted by atomic mass is 10.0. The monoisotopic (exact) mass is 666 g/mol. The van der Waals surface area contributed by atoms with Crippen LogP contribution in [0.15, 0.2) is 84.7 Å². The van der Waals surface area contributed by atoms with Gasteiger partial charge in [-0.05, 0) is 67.5 Å². The quantitative estimate of drug-likeness (QED) is 0.127. The van der Waals surface area contributed by atoms with Gasteiger partial charge in [-0.2, -0.15) is 0 Å². The van der Waals surface area contributed by atoms with E-state index in [9.17, 15) is 4.79 Å². The van der Waals surface area contributed by atoms with Gasteiger partial charge in [-0.3, -0.25) is 4.79 Å². The van der Waals surface area contributed by atoms with Gasteiger partial charge < -0.3 is 34.4 Å². The average molecular weight is 667 g/mol. The van der Waals surface area contributed by atoms with Crippen LogP contribution in [0.25, 0.3) is 17.0 Å². The third kappa shape index (κ3) is 11.2. The summed E-state index contributed by atoms with van der Waals surface area (Å²) >= 11 is 0. The topological polar surface area (TPSA) is 115 Å². The minimum Gasteiger partial charge on any atom is -0.497 e. The molecule has 49 heavy (non-hydrogen) atoms. The van der Waals surface area contributed by atoms with E-state index in [1.807, 2.05) is 60.3 Å². The van der Waals surface area contributed by atoms with E-state index in [1.165, 1.54) is 29.3 Å². The number of methoxy groups -OCH3 is 2. The fourth-order valence-electron chi connectivity index (χ4n) is 5.45. The molecule has 3 aromatic carbocycles. The van der Waals surface area contributed by atoms with Crippen LogP contribution in [0.2, 0.25) is 0 Å². The highest BCUT2D eigenvalue weighted by Gasteiger charge is 2.15. The number of nitrogens with one attached hydrogen (secondary N) is 3. The van der Waals surface area contributed by atoms with Crippen molar-refractivity contribution in [2.45, 2.75) is 52.6 Å². The van der Waals surface area contributed by atoms with Crippen LogP contribution in [-0.4, -0.2) is 60.6 Å². The van der Waals surface area contributed by atoms with Gasteiger partial charge in [-0.1, -0.05) is 55.5 Å². The number of aromatic nitrogens is 4. The fraction of sp³-hybridized carbons (Fsp3) is 0.359. The van der Waals surface area contributed by atoms with E-state index in [0.717, 1.165) is 59.7 Å². The summed E-state index contributed by atoms with van der Waals surface area (Å²) in [5.41, 5.74) is 5.74. The van der Waals surface area contributed by atoms with Gasteiger partial charge in [0.2, 0.25) is 6.41 Å². The Morgan fingerprint density at radius 1 is 1.00 bits per heavy atom. The second kappa shape index (κ2) is 19.7. The number of benzene rings is 3. The van der Waals surface area contributed by atoms with Crippen molar-refractivity contribution >= 4 is 23.4 Å². The number of rotatable bonds is 12. The molecule has 1 aliphatic rings. The van der Waals surface area contributed by atoms with E-state index in [0.29, 0.717) is 31.7 Å². The molecule has 1 fully saturated rings. The first-order valence-corrected chi connectivity index (χ1v) is 16.8. The van der Waals surface area contributed by atoms with Gasteiger partial charge >= 0.3 is 0 Å². The van der Waals surface area contributed by atoms with Crippen molar-refractivity contribution in [3.05, 3.63) is 113 Å². The molecule has 5 aromatic rings. The third-order valence-corrected chi connectivity index (χ3v) is 8.46. The van der Waals surface area contributed by atoms with Gasteiger partial charge in [-0.25, -0.2) is 0 Å². The molecule has 0 unspecified atom stereocenters. The van der Waals surface area contributed by atoms with Crippen LogP contribution >= 0.6 is 0 Å². The number of ether oxygens (including phenoxy) is 3. The van der Waals surface area contributed by atoms with Crippen molar-refractivity contribution < 1.29 is 19.0 Å². The fourth-order valence-corrected chi connectivity index (χ4v) is 5.45. The number of allylic oxidation sites excluding steroid dienone is 1. The first-order valence-electron chi connectivity index (χ1n) is 16.8. The highest BCUT2D eigenvalue weighted by atomic mass is 16.5. The Bertz CT molecular complexity index is 1740. The van der Waals surface area contributed by atoms with Crippen molar-refractivity contribution in [2.24, 2.45) is 5.92 Å². The molecule has 0 bridgehead atoms. The molecule has 3 heterocycles. The van der Waals surface area contributed by atoms with Crippen molar-refractivity contribution in [1.82, 2.24) is 30.4 Å². The highest BCUT2D eigenvalue weighted by molar-refractivity contribution is 5.82. The molecular weight excluding hydrogens is 616 g/mol. The zero-order valence-electron chi connectivity index (χ0n) is 29.4. The smallest absolute Gasteiger partial charge is 0.207 e. The minimum absolute atomic E-state index is 0.299. The van der Waals surface area contributed by atoms with Crippen molar-refractivity contribution in [1.29, 1.82) is 0 Å². The van der Waals surface area contributed by atoms with Gasteiger partial charge in [0, 0.05) is 61.1 Å². The number of aryl methyl sites for hydroxylation is 2. The molecular formula is C39H50N6O4. The van der Waals surface area contributed by atoms with Crippen molar-refractivity contribution in [3.63, 3.8) is 0 Å². The maximum absolute atomic E-state index is 10.8. The Labute approximate surface area is 289 Å². The first-order chi connectivity index (χ1) is 23.9. The number of nitrogens with zero attached hydrogens (tertiary/aromatic N) is 3. The predicted octanol–water partition coefficient (Wildman–Crippen LogP) is 6.69. The molecule has 1 saturated heterocycles. The number of hydrogen-bond acceptors (Lipinski definition) is 7. The van der Waals surface area contributed by atoms with Crippen LogP contribution < -0.4 is 20.1 Å². The predicted molar refractivity (Wildman–Crippen MR) is 196 cm³/mol. The van der Waals surface area contributed by atoms with Crippen LogP contribution in [0.3, 0.4) is 0 Å². The SMILES string of the molecule is CC1CCOCC1.CN/C(=C\c1ccccc1)CCc1nnc(CNC=O)n1Cc1ccc(OC)cc1OC.Cc1c[nH]c2ccccc12. The molecule has 3 N–H and O–H groups in total. The van der Waals surface area contributed by atoms with Crippen LogP contribution in [0, 0.1) is 12.8 Å². The summed E-state index contributed by atoms with van der Waals surface area (Å²) in [6.45, 7) is 7.18. The summed E-state index contributed by atoms with van der Waals surface area (Å²) < 4.78 is 18.0. The maximum atomic E-state index is 10.8. The Morgan fingerprint density at radius 3 is 2.39 bits per heavy atom. The molecule has 6 rings (SSSR count). The number of H-pyrrole nitrogens is 1. The molecule has 10 heteroatoms. The van der Waals surface area contributed by atoms with Gasteiger partial charge in [-0.15, -0.1) is 10.2 Å². The van der Waals surface area contributed by atoms with E-state index in [2.05, 4.69) is 76.1 Å². The van der Waals surface area contributed by atoms with Crippen LogP contribution in [0.5, 0.6) is 11.5 Å². The Kier molecular flexibility index (Phi) is 14.7. The van der Waals surface area contributed by atoms with E-state index in [4.69, 9.17) is 14.2 Å².